The second-order valence-electron chi connectivity index (χ2n) is 6.33. The van der Waals surface area contributed by atoms with Gasteiger partial charge < -0.3 is 4.90 Å². The number of amides is 1. The van der Waals surface area contributed by atoms with E-state index < -0.39 is 0 Å². The fourth-order valence-corrected chi connectivity index (χ4v) is 5.11. The van der Waals surface area contributed by atoms with Crippen molar-refractivity contribution < 1.29 is 4.79 Å². The van der Waals surface area contributed by atoms with Crippen molar-refractivity contribution in [2.45, 2.75) is 57.5 Å². The quantitative estimate of drug-likeness (QED) is 0.811. The molecule has 2 aromatic heterocycles. The SMILES string of the molecule is Cc1nc(-c2ccsc2)sc1C(=O)N(C1CCCC1)C1CC1. The molecule has 2 aromatic rings. The zero-order chi connectivity index (χ0) is 15.1. The number of thiophene rings is 1. The van der Waals surface area contributed by atoms with Crippen molar-refractivity contribution in [3.8, 4) is 10.6 Å². The van der Waals surface area contributed by atoms with Crippen LogP contribution in [0.2, 0.25) is 0 Å². The molecule has 0 atom stereocenters. The maximum absolute atomic E-state index is 13.1. The van der Waals surface area contributed by atoms with E-state index in [-0.39, 0.29) is 5.91 Å². The Morgan fingerprint density at radius 2 is 1.95 bits per heavy atom. The predicted octanol–water partition coefficient (Wildman–Crippen LogP) is 4.73. The minimum atomic E-state index is 0.228. The highest BCUT2D eigenvalue weighted by Gasteiger charge is 2.39. The number of rotatable bonds is 4. The van der Waals surface area contributed by atoms with E-state index in [1.807, 2.05) is 6.92 Å². The van der Waals surface area contributed by atoms with Gasteiger partial charge in [0.25, 0.3) is 5.91 Å². The molecule has 2 saturated carbocycles. The highest BCUT2D eigenvalue weighted by Crippen LogP contribution is 2.38. The van der Waals surface area contributed by atoms with Crippen molar-refractivity contribution in [2.75, 3.05) is 0 Å². The van der Waals surface area contributed by atoms with E-state index in [0.29, 0.717) is 12.1 Å². The third kappa shape index (κ3) is 2.61. The lowest BCUT2D eigenvalue weighted by molar-refractivity contribution is 0.0668. The zero-order valence-corrected chi connectivity index (χ0v) is 14.4. The van der Waals surface area contributed by atoms with Gasteiger partial charge in [-0.05, 0) is 44.1 Å². The van der Waals surface area contributed by atoms with Gasteiger partial charge in [-0.2, -0.15) is 11.3 Å². The number of nitrogens with zero attached hydrogens (tertiary/aromatic N) is 2. The second-order valence-corrected chi connectivity index (χ2v) is 8.11. The summed E-state index contributed by atoms with van der Waals surface area (Å²) in [5, 5.41) is 5.13. The van der Waals surface area contributed by atoms with Gasteiger partial charge in [0.2, 0.25) is 0 Å². The number of hydrogen-bond donors (Lipinski definition) is 0. The van der Waals surface area contributed by atoms with Crippen LogP contribution in [0.5, 0.6) is 0 Å². The van der Waals surface area contributed by atoms with E-state index in [0.717, 1.165) is 21.1 Å². The number of aryl methyl sites for hydroxylation is 1. The number of hydrogen-bond acceptors (Lipinski definition) is 4. The maximum Gasteiger partial charge on any atom is 0.266 e. The Labute approximate surface area is 139 Å². The molecule has 0 N–H and O–H groups in total. The minimum absolute atomic E-state index is 0.228. The summed E-state index contributed by atoms with van der Waals surface area (Å²) in [6.45, 7) is 1.97. The lowest BCUT2D eigenvalue weighted by Gasteiger charge is -2.28. The molecule has 5 heteroatoms. The maximum atomic E-state index is 13.1. The molecule has 3 nitrogen and oxygen atoms in total. The Morgan fingerprint density at radius 3 is 2.59 bits per heavy atom. The summed E-state index contributed by atoms with van der Waals surface area (Å²) in [6.07, 6.45) is 7.25. The summed E-state index contributed by atoms with van der Waals surface area (Å²) in [7, 11) is 0. The first-order chi connectivity index (χ1) is 10.7. The average molecular weight is 332 g/mol. The number of thiazole rings is 1. The zero-order valence-electron chi connectivity index (χ0n) is 12.7. The van der Waals surface area contributed by atoms with Crippen LogP contribution in [0, 0.1) is 6.92 Å². The topological polar surface area (TPSA) is 33.2 Å². The predicted molar refractivity (Wildman–Crippen MR) is 91.6 cm³/mol. The van der Waals surface area contributed by atoms with E-state index in [2.05, 4.69) is 26.7 Å². The van der Waals surface area contributed by atoms with Crippen molar-refractivity contribution in [1.82, 2.24) is 9.88 Å². The summed E-state index contributed by atoms with van der Waals surface area (Å²) >= 11 is 3.23. The van der Waals surface area contributed by atoms with Crippen molar-refractivity contribution in [3.63, 3.8) is 0 Å². The molecule has 0 spiro atoms. The van der Waals surface area contributed by atoms with Crippen molar-refractivity contribution in [1.29, 1.82) is 0 Å². The van der Waals surface area contributed by atoms with E-state index in [4.69, 9.17) is 0 Å². The summed E-state index contributed by atoms with van der Waals surface area (Å²) < 4.78 is 0. The van der Waals surface area contributed by atoms with E-state index >= 15 is 0 Å². The normalized spacial score (nSPS) is 18.8. The summed E-state index contributed by atoms with van der Waals surface area (Å²) in [5.74, 6) is 0.228. The van der Waals surface area contributed by atoms with Crippen LogP contribution in [0.3, 0.4) is 0 Å². The van der Waals surface area contributed by atoms with Crippen molar-refractivity contribution >= 4 is 28.6 Å². The van der Waals surface area contributed by atoms with Crippen molar-refractivity contribution in [2.24, 2.45) is 0 Å². The molecule has 2 fully saturated rings. The molecule has 0 aromatic carbocycles. The molecule has 0 unspecified atom stereocenters. The summed E-state index contributed by atoms with van der Waals surface area (Å²) in [6, 6.07) is 3.03. The monoisotopic (exact) mass is 332 g/mol. The molecule has 2 aliphatic rings. The average Bonchev–Trinajstić information content (AvgIpc) is 2.97. The van der Waals surface area contributed by atoms with Gasteiger partial charge in [0.1, 0.15) is 9.88 Å². The molecular formula is C17H20N2OS2. The van der Waals surface area contributed by atoms with Crippen LogP contribution < -0.4 is 0 Å². The Kier molecular flexibility index (Phi) is 3.78. The van der Waals surface area contributed by atoms with Gasteiger partial charge in [0.15, 0.2) is 0 Å². The Morgan fingerprint density at radius 1 is 1.23 bits per heavy atom. The van der Waals surface area contributed by atoms with Gasteiger partial charge >= 0.3 is 0 Å². The highest BCUT2D eigenvalue weighted by atomic mass is 32.1. The van der Waals surface area contributed by atoms with Crippen LogP contribution in [0.25, 0.3) is 10.6 Å². The van der Waals surface area contributed by atoms with Crippen LogP contribution in [-0.4, -0.2) is 27.9 Å². The molecule has 2 heterocycles. The van der Waals surface area contributed by atoms with Gasteiger partial charge in [-0.1, -0.05) is 12.8 Å². The molecule has 0 radical (unpaired) electrons. The van der Waals surface area contributed by atoms with Gasteiger partial charge in [-0.3, -0.25) is 4.79 Å². The molecule has 2 aliphatic carbocycles. The van der Waals surface area contributed by atoms with Gasteiger partial charge in [0, 0.05) is 23.0 Å². The third-order valence-corrected chi connectivity index (χ3v) is 6.53. The largest absolute Gasteiger partial charge is 0.332 e. The Hall–Kier alpha value is -1.20. The Balaban J connectivity index is 1.63. The van der Waals surface area contributed by atoms with Gasteiger partial charge in [-0.15, -0.1) is 11.3 Å². The third-order valence-electron chi connectivity index (χ3n) is 4.65. The van der Waals surface area contributed by atoms with Crippen molar-refractivity contribution in [3.05, 3.63) is 27.4 Å². The fraction of sp³-hybridized carbons (Fsp3) is 0.529. The van der Waals surface area contributed by atoms with E-state index in [1.54, 1.807) is 22.7 Å². The molecule has 22 heavy (non-hydrogen) atoms. The second kappa shape index (κ2) is 5.78. The van der Waals surface area contributed by atoms with Crippen LogP contribution in [0.4, 0.5) is 0 Å². The van der Waals surface area contributed by atoms with E-state index in [9.17, 15) is 4.79 Å². The van der Waals surface area contributed by atoms with Crippen LogP contribution in [0.15, 0.2) is 16.8 Å². The first kappa shape index (κ1) is 14.4. The lowest BCUT2D eigenvalue weighted by Crippen LogP contribution is -2.40. The molecule has 0 bridgehead atoms. The molecular weight excluding hydrogens is 312 g/mol. The summed E-state index contributed by atoms with van der Waals surface area (Å²) in [4.78, 5) is 20.8. The van der Waals surface area contributed by atoms with Gasteiger partial charge in [0.05, 0.1) is 5.69 Å². The fourth-order valence-electron chi connectivity index (χ4n) is 3.39. The first-order valence-electron chi connectivity index (χ1n) is 8.06. The highest BCUT2D eigenvalue weighted by molar-refractivity contribution is 7.17. The standard InChI is InChI=1S/C17H20N2OS2/c1-11-15(22-16(18-11)12-8-9-21-10-12)17(20)19(14-6-7-14)13-4-2-3-5-13/h8-10,13-14H,2-7H2,1H3. The number of carbonyl (C=O) groups is 1. The van der Waals surface area contributed by atoms with Crippen LogP contribution in [0.1, 0.15) is 53.9 Å². The number of aromatic nitrogens is 1. The summed E-state index contributed by atoms with van der Waals surface area (Å²) in [5.41, 5.74) is 2.02. The molecule has 4 rings (SSSR count). The Bertz CT molecular complexity index is 667. The lowest BCUT2D eigenvalue weighted by atomic mass is 10.2. The molecule has 116 valence electrons. The minimum Gasteiger partial charge on any atom is -0.332 e. The smallest absolute Gasteiger partial charge is 0.266 e. The molecule has 0 saturated heterocycles. The van der Waals surface area contributed by atoms with Crippen LogP contribution in [-0.2, 0) is 0 Å². The molecule has 0 aliphatic heterocycles. The number of carbonyl (C=O) groups excluding carboxylic acids is 1. The van der Waals surface area contributed by atoms with Gasteiger partial charge in [-0.25, -0.2) is 4.98 Å². The van der Waals surface area contributed by atoms with E-state index in [1.165, 1.54) is 38.5 Å². The molecule has 1 amide bonds. The first-order valence-corrected chi connectivity index (χ1v) is 9.82. The van der Waals surface area contributed by atoms with Crippen LogP contribution >= 0.6 is 22.7 Å².